The predicted molar refractivity (Wildman–Crippen MR) is 53.3 cm³/mol. The molecule has 3 nitrogen and oxygen atoms in total. The monoisotopic (exact) mass is 256 g/mol. The Morgan fingerprint density at radius 3 is 2.44 bits per heavy atom. The molecule has 0 amide bonds. The first kappa shape index (κ1) is 15.2. The Labute approximate surface area is 95.6 Å². The van der Waals surface area contributed by atoms with Crippen molar-refractivity contribution in [1.82, 2.24) is 0 Å². The number of hydrogen-bond donors (Lipinski definition) is 0. The second kappa shape index (κ2) is 9.46. The van der Waals surface area contributed by atoms with E-state index in [1.807, 2.05) is 0 Å². The fourth-order valence-electron chi connectivity index (χ4n) is 0.785. The molecule has 1 aromatic rings. The van der Waals surface area contributed by atoms with Gasteiger partial charge >= 0.3 is 0 Å². The van der Waals surface area contributed by atoms with Gasteiger partial charge in [0.25, 0.3) is 0 Å². The van der Waals surface area contributed by atoms with E-state index in [0.29, 0.717) is 0 Å². The summed E-state index contributed by atoms with van der Waals surface area (Å²) < 4.78 is 36.4. The molecule has 0 N–H and O–H groups in total. The van der Waals surface area contributed by atoms with Crippen LogP contribution in [0.3, 0.4) is 0 Å². The zero-order valence-corrected chi connectivity index (χ0v) is 9.52. The van der Waals surface area contributed by atoms with Crippen LogP contribution in [0.1, 0.15) is 5.56 Å². The number of benzene rings is 1. The van der Waals surface area contributed by atoms with Crippen molar-refractivity contribution in [1.29, 1.82) is 0 Å². The fourth-order valence-corrected chi connectivity index (χ4v) is 1.26. The van der Waals surface area contributed by atoms with Gasteiger partial charge in [-0.1, -0.05) is 5.04 Å². The van der Waals surface area contributed by atoms with Crippen LogP contribution < -0.4 is 0 Å². The molecule has 0 aromatic heterocycles. The molecule has 0 atom stereocenters. The molecule has 0 aliphatic rings. The summed E-state index contributed by atoms with van der Waals surface area (Å²) in [6, 6.07) is 4.37. The second-order valence-corrected chi connectivity index (χ2v) is 3.14. The van der Waals surface area contributed by atoms with E-state index in [0.717, 1.165) is 22.5 Å². The molecule has 0 heterocycles. The minimum atomic E-state index is -1.75. The molecule has 1 rings (SSSR count). The van der Waals surface area contributed by atoms with E-state index in [4.69, 9.17) is 0 Å². The summed E-state index contributed by atoms with van der Waals surface area (Å²) in [5.74, 6) is -0.269. The highest BCUT2D eigenvalue weighted by Gasteiger charge is 2.01. The second-order valence-electron chi connectivity index (χ2n) is 2.40. The lowest BCUT2D eigenvalue weighted by Crippen LogP contribution is -1.86. The minimum Gasteiger partial charge on any atom is -0.214 e. The first-order valence-corrected chi connectivity index (χ1v) is 4.82. The van der Waals surface area contributed by atoms with Crippen molar-refractivity contribution in [3.8, 4) is 0 Å². The van der Waals surface area contributed by atoms with Gasteiger partial charge in [-0.25, -0.2) is 18.1 Å². The van der Waals surface area contributed by atoms with Gasteiger partial charge in [-0.05, 0) is 30.7 Å². The van der Waals surface area contributed by atoms with E-state index in [9.17, 15) is 13.2 Å². The summed E-state index contributed by atoms with van der Waals surface area (Å²) >= 11 is 0.966. The average Bonchev–Trinajstić information content (AvgIpc) is 2.23. The molecule has 1 aromatic carbocycles. The first-order chi connectivity index (χ1) is 7.65. The number of halogens is 3. The van der Waals surface area contributed by atoms with Gasteiger partial charge in [0, 0.05) is 4.90 Å². The van der Waals surface area contributed by atoms with Crippen molar-refractivity contribution in [2.75, 3.05) is 14.0 Å². The van der Waals surface area contributed by atoms with Crippen molar-refractivity contribution >= 4 is 12.0 Å². The van der Waals surface area contributed by atoms with Gasteiger partial charge in [0.1, 0.15) is 5.82 Å². The predicted octanol–water partition coefficient (Wildman–Crippen LogP) is 3.53. The van der Waals surface area contributed by atoms with Gasteiger partial charge in [-0.15, -0.1) is 4.33 Å². The summed E-state index contributed by atoms with van der Waals surface area (Å²) in [6.45, 7) is 0.0293. The molecule has 0 saturated heterocycles. The van der Waals surface area contributed by atoms with Crippen LogP contribution in [0.15, 0.2) is 23.1 Å². The Morgan fingerprint density at radius 1 is 1.31 bits per heavy atom. The van der Waals surface area contributed by atoms with Crippen LogP contribution in [0, 0.1) is 12.7 Å². The van der Waals surface area contributed by atoms with Gasteiger partial charge in [-0.3, -0.25) is 0 Å². The highest BCUT2D eigenvalue weighted by atomic mass is 32.2. The molecule has 0 spiro atoms. The van der Waals surface area contributed by atoms with Gasteiger partial charge in [0.05, 0.1) is 19.2 Å². The Kier molecular flexibility index (Phi) is 9.02. The molecule has 0 unspecified atom stereocenters. The quantitative estimate of drug-likeness (QED) is 0.356. The zero-order valence-electron chi connectivity index (χ0n) is 8.71. The molecule has 0 fully saturated rings. The molecule has 92 valence electrons. The van der Waals surface area contributed by atoms with Crippen LogP contribution in [0.25, 0.3) is 0 Å². The van der Waals surface area contributed by atoms with Crippen molar-refractivity contribution in [3.05, 3.63) is 29.6 Å². The third kappa shape index (κ3) is 6.67. The van der Waals surface area contributed by atoms with Gasteiger partial charge in [0.2, 0.25) is 6.93 Å². The molecule has 0 bridgehead atoms. The summed E-state index contributed by atoms with van der Waals surface area (Å²) in [7, 11) is 1.33. The smallest absolute Gasteiger partial charge is 0.214 e. The Bertz CT molecular complexity index is 299. The van der Waals surface area contributed by atoms with Crippen LogP contribution >= 0.6 is 12.0 Å². The van der Waals surface area contributed by atoms with E-state index in [1.54, 1.807) is 13.0 Å². The van der Waals surface area contributed by atoms with E-state index in [1.165, 1.54) is 19.2 Å². The van der Waals surface area contributed by atoms with E-state index >= 15 is 0 Å². The van der Waals surface area contributed by atoms with Crippen LogP contribution in [-0.2, 0) is 14.3 Å². The third-order valence-electron chi connectivity index (χ3n) is 1.36. The average molecular weight is 256 g/mol. The fraction of sp³-hybridized carbons (Fsp3) is 0.333. The largest absolute Gasteiger partial charge is 0.229 e. The van der Waals surface area contributed by atoms with E-state index in [2.05, 4.69) is 14.3 Å². The van der Waals surface area contributed by atoms with Crippen molar-refractivity contribution < 1.29 is 27.4 Å². The standard InChI is InChI=1S/C8H9FO3S.CH2F2/c1-6-5-7(9)3-4-8(6)13-12-11-10-2;2-1-3/h3-5H,1-2H3;1H2. The Morgan fingerprint density at radius 2 is 1.94 bits per heavy atom. The molecular formula is C9H11F3O3S. The van der Waals surface area contributed by atoms with Gasteiger partial charge < -0.3 is 0 Å². The lowest BCUT2D eigenvalue weighted by atomic mass is 10.2. The van der Waals surface area contributed by atoms with Crippen molar-refractivity contribution in [2.45, 2.75) is 11.8 Å². The van der Waals surface area contributed by atoms with E-state index < -0.39 is 6.93 Å². The lowest BCUT2D eigenvalue weighted by Gasteiger charge is -2.02. The van der Waals surface area contributed by atoms with Crippen molar-refractivity contribution in [2.24, 2.45) is 0 Å². The molecule has 0 aliphatic heterocycles. The molecule has 0 radical (unpaired) electrons. The van der Waals surface area contributed by atoms with E-state index in [-0.39, 0.29) is 5.82 Å². The van der Waals surface area contributed by atoms with Crippen LogP contribution in [0.2, 0.25) is 0 Å². The maximum Gasteiger partial charge on any atom is 0.229 e. The number of hydrogen-bond acceptors (Lipinski definition) is 4. The number of alkyl halides is 2. The van der Waals surface area contributed by atoms with Gasteiger partial charge in [0.15, 0.2) is 0 Å². The SMILES string of the molecule is COOOSc1ccc(F)cc1C.FCF. The zero-order chi connectivity index (χ0) is 12.4. The van der Waals surface area contributed by atoms with Crippen LogP contribution in [0.5, 0.6) is 0 Å². The molecule has 7 heteroatoms. The number of rotatable bonds is 4. The third-order valence-corrected chi connectivity index (χ3v) is 2.12. The summed E-state index contributed by atoms with van der Waals surface area (Å²) in [5, 5.41) is 4.19. The normalized spacial score (nSPS) is 9.56. The van der Waals surface area contributed by atoms with Crippen LogP contribution in [-0.4, -0.2) is 14.0 Å². The van der Waals surface area contributed by atoms with Crippen LogP contribution in [0.4, 0.5) is 13.2 Å². The topological polar surface area (TPSA) is 27.7 Å². The molecule has 16 heavy (non-hydrogen) atoms. The molecular weight excluding hydrogens is 245 g/mol. The first-order valence-electron chi connectivity index (χ1n) is 4.07. The van der Waals surface area contributed by atoms with Crippen molar-refractivity contribution in [3.63, 3.8) is 0 Å². The summed E-state index contributed by atoms with van der Waals surface area (Å²) in [5.41, 5.74) is 0.782. The summed E-state index contributed by atoms with van der Waals surface area (Å²) in [4.78, 5) is 4.99. The maximum absolute atomic E-state index is 12.6. The molecule has 0 saturated carbocycles. The molecule has 0 aliphatic carbocycles. The highest BCUT2D eigenvalue weighted by Crippen LogP contribution is 2.23. The lowest BCUT2D eigenvalue weighted by molar-refractivity contribution is -0.447. The highest BCUT2D eigenvalue weighted by molar-refractivity contribution is 7.94. The number of aryl methyl sites for hydroxylation is 1. The summed E-state index contributed by atoms with van der Waals surface area (Å²) in [6.07, 6.45) is 0. The Balaban J connectivity index is 0.000000673. The Hall–Kier alpha value is -0.760. The van der Waals surface area contributed by atoms with Gasteiger partial charge in [-0.2, -0.15) is 0 Å². The minimum absolute atomic E-state index is 0.269. The maximum atomic E-state index is 12.6.